The smallest absolute Gasteiger partial charge is 0.325 e. The molecule has 0 heterocycles. The molecule has 0 amide bonds. The van der Waals surface area contributed by atoms with Crippen LogP contribution in [0.2, 0.25) is 0 Å². The van der Waals surface area contributed by atoms with Crippen molar-refractivity contribution in [1.82, 2.24) is 0 Å². The molecule has 0 saturated heterocycles. The Morgan fingerprint density at radius 3 is 2.38 bits per heavy atom. The zero-order valence-corrected chi connectivity index (χ0v) is 15.5. The number of esters is 1. The Morgan fingerprint density at radius 2 is 1.88 bits per heavy atom. The van der Waals surface area contributed by atoms with Crippen LogP contribution in [0.25, 0.3) is 4.85 Å². The first kappa shape index (κ1) is 20.2. The van der Waals surface area contributed by atoms with Crippen LogP contribution in [0.3, 0.4) is 0 Å². The average molecular weight is 351 g/mol. The van der Waals surface area contributed by atoms with Crippen molar-refractivity contribution in [2.24, 2.45) is 5.41 Å². The molecule has 1 aromatic carbocycles. The van der Waals surface area contributed by atoms with Gasteiger partial charge < -0.3 is 4.74 Å². The minimum absolute atomic E-state index is 0.166. The number of hydrogen-bond acceptors (Lipinski definition) is 4. The molecule has 0 aliphatic heterocycles. The Balaban J connectivity index is 2.76. The lowest BCUT2D eigenvalue weighted by molar-refractivity contribution is -0.153. The molecule has 0 aromatic heterocycles. The van der Waals surface area contributed by atoms with E-state index in [0.717, 1.165) is 5.56 Å². The molecule has 1 rings (SSSR count). The summed E-state index contributed by atoms with van der Waals surface area (Å²) in [6, 6.07) is 6.51. The molecule has 0 bridgehead atoms. The second kappa shape index (κ2) is 8.29. The summed E-state index contributed by atoms with van der Waals surface area (Å²) in [5.74, 6) is -0.300. The van der Waals surface area contributed by atoms with Crippen LogP contribution < -0.4 is 0 Å². The highest BCUT2D eigenvalue weighted by molar-refractivity contribution is 7.92. The fraction of sp³-hybridized carbons (Fsp3) is 0.556. The van der Waals surface area contributed by atoms with E-state index in [2.05, 4.69) is 4.85 Å². The highest BCUT2D eigenvalue weighted by Gasteiger charge is 2.34. The summed E-state index contributed by atoms with van der Waals surface area (Å²) in [4.78, 5) is 15.3. The van der Waals surface area contributed by atoms with Crippen LogP contribution in [0.1, 0.15) is 45.6 Å². The van der Waals surface area contributed by atoms with Gasteiger partial charge in [-0.3, -0.25) is 9.64 Å². The normalized spacial score (nSPS) is 13.1. The fourth-order valence-corrected chi connectivity index (χ4v) is 3.77. The molecule has 132 valence electrons. The quantitative estimate of drug-likeness (QED) is 0.528. The van der Waals surface area contributed by atoms with Gasteiger partial charge in [-0.1, -0.05) is 17.7 Å². The summed E-state index contributed by atoms with van der Waals surface area (Å²) in [6.07, 6.45) is 1.13. The molecule has 1 unspecified atom stereocenters. The molecule has 6 heteroatoms. The van der Waals surface area contributed by atoms with Gasteiger partial charge in [-0.15, -0.1) is 0 Å². The molecule has 0 spiro atoms. The first-order valence-electron chi connectivity index (χ1n) is 7.99. The van der Waals surface area contributed by atoms with E-state index >= 15 is 0 Å². The lowest BCUT2D eigenvalue weighted by Crippen LogP contribution is -2.27. The molecular weight excluding hydrogens is 326 g/mol. The number of rotatable bonds is 8. The number of sulfone groups is 1. The maximum Gasteiger partial charge on any atom is 0.325 e. The molecule has 0 N–H and O–H groups in total. The number of hydrogen-bond donors (Lipinski definition) is 0. The van der Waals surface area contributed by atoms with Gasteiger partial charge in [0.25, 0.3) is 9.84 Å². The third-order valence-electron chi connectivity index (χ3n) is 3.93. The first-order chi connectivity index (χ1) is 11.1. The summed E-state index contributed by atoms with van der Waals surface area (Å²) < 4.78 is 30.1. The summed E-state index contributed by atoms with van der Waals surface area (Å²) in [5.41, 5.74) is 0.278. The van der Waals surface area contributed by atoms with Crippen molar-refractivity contribution in [3.05, 3.63) is 41.2 Å². The van der Waals surface area contributed by atoms with Crippen LogP contribution in [0.4, 0.5) is 0 Å². The van der Waals surface area contributed by atoms with E-state index < -0.39 is 20.6 Å². The molecule has 0 aliphatic carbocycles. The van der Waals surface area contributed by atoms with E-state index in [0.29, 0.717) is 19.4 Å². The highest BCUT2D eigenvalue weighted by Crippen LogP contribution is 2.28. The fourth-order valence-electron chi connectivity index (χ4n) is 2.32. The van der Waals surface area contributed by atoms with E-state index in [4.69, 9.17) is 11.3 Å². The molecule has 0 fully saturated rings. The second-order valence-electron chi connectivity index (χ2n) is 6.44. The zero-order chi connectivity index (χ0) is 18.4. The van der Waals surface area contributed by atoms with Gasteiger partial charge in [-0.2, -0.15) is 0 Å². The largest absolute Gasteiger partial charge is 0.466 e. The Morgan fingerprint density at radius 1 is 1.29 bits per heavy atom. The van der Waals surface area contributed by atoms with E-state index in [-0.39, 0.29) is 17.3 Å². The monoisotopic (exact) mass is 351 g/mol. The maximum absolute atomic E-state index is 12.6. The van der Waals surface area contributed by atoms with Crippen LogP contribution in [0.15, 0.2) is 29.2 Å². The van der Waals surface area contributed by atoms with Crippen LogP contribution in [0, 0.1) is 18.9 Å². The molecule has 0 radical (unpaired) electrons. The van der Waals surface area contributed by atoms with Gasteiger partial charge in [0, 0.05) is 6.42 Å². The Hall–Kier alpha value is -1.87. The first-order valence-corrected chi connectivity index (χ1v) is 9.54. The van der Waals surface area contributed by atoms with E-state index in [9.17, 15) is 13.2 Å². The van der Waals surface area contributed by atoms with Gasteiger partial charge in [0.1, 0.15) is 0 Å². The van der Waals surface area contributed by atoms with Crippen molar-refractivity contribution >= 4 is 15.8 Å². The molecular formula is C18H25NO4S. The maximum atomic E-state index is 12.6. The highest BCUT2D eigenvalue weighted by atomic mass is 32.2. The molecule has 1 atom stereocenters. The summed E-state index contributed by atoms with van der Waals surface area (Å²) >= 11 is 0. The van der Waals surface area contributed by atoms with E-state index in [1.54, 1.807) is 32.9 Å². The lowest BCUT2D eigenvalue weighted by Gasteiger charge is -2.22. The number of ether oxygens (including phenoxy) is 1. The van der Waals surface area contributed by atoms with Crippen molar-refractivity contribution < 1.29 is 17.9 Å². The van der Waals surface area contributed by atoms with Gasteiger partial charge >= 0.3 is 11.3 Å². The van der Waals surface area contributed by atoms with Gasteiger partial charge in [-0.25, -0.2) is 15.0 Å². The molecule has 24 heavy (non-hydrogen) atoms. The molecule has 5 nitrogen and oxygen atoms in total. The second-order valence-corrected chi connectivity index (χ2v) is 8.54. The summed E-state index contributed by atoms with van der Waals surface area (Å²) in [6.45, 7) is 14.7. The third kappa shape index (κ3) is 5.07. The SMILES string of the molecule is [C-]#[N+]C(CCCC(C)(C)C(=O)OCC)S(=O)(=O)c1ccc(C)cc1. The van der Waals surface area contributed by atoms with Gasteiger partial charge in [0.05, 0.1) is 16.9 Å². The Bertz CT molecular complexity index is 700. The van der Waals surface area contributed by atoms with Crippen LogP contribution in [-0.4, -0.2) is 26.4 Å². The predicted molar refractivity (Wildman–Crippen MR) is 93.0 cm³/mol. The van der Waals surface area contributed by atoms with Crippen LogP contribution >= 0.6 is 0 Å². The van der Waals surface area contributed by atoms with E-state index in [1.165, 1.54) is 12.1 Å². The van der Waals surface area contributed by atoms with Crippen molar-refractivity contribution in [2.75, 3.05) is 6.61 Å². The number of nitrogens with zero attached hydrogens (tertiary/aromatic N) is 1. The number of carbonyl (C=O) groups excluding carboxylic acids is 1. The predicted octanol–water partition coefficient (Wildman–Crippen LogP) is 3.77. The zero-order valence-electron chi connectivity index (χ0n) is 14.7. The van der Waals surface area contributed by atoms with Gasteiger partial charge in [0.2, 0.25) is 0 Å². The number of aryl methyl sites for hydroxylation is 1. The molecule has 1 aromatic rings. The lowest BCUT2D eigenvalue weighted by atomic mass is 9.87. The summed E-state index contributed by atoms with van der Waals surface area (Å²) in [5, 5.41) is -1.13. The molecule has 0 aliphatic rings. The average Bonchev–Trinajstić information content (AvgIpc) is 2.52. The topological polar surface area (TPSA) is 64.8 Å². The Kier molecular flexibility index (Phi) is 6.97. The molecule has 0 saturated carbocycles. The van der Waals surface area contributed by atoms with Crippen molar-refractivity contribution in [1.29, 1.82) is 0 Å². The van der Waals surface area contributed by atoms with Crippen LogP contribution in [0.5, 0.6) is 0 Å². The van der Waals surface area contributed by atoms with Gasteiger partial charge in [-0.05, 0) is 52.7 Å². The van der Waals surface area contributed by atoms with Crippen molar-refractivity contribution in [3.63, 3.8) is 0 Å². The number of benzene rings is 1. The third-order valence-corrected chi connectivity index (χ3v) is 5.92. The minimum Gasteiger partial charge on any atom is -0.466 e. The van der Waals surface area contributed by atoms with Gasteiger partial charge in [0.15, 0.2) is 0 Å². The minimum atomic E-state index is -3.69. The van der Waals surface area contributed by atoms with E-state index in [1.807, 2.05) is 6.92 Å². The van der Waals surface area contributed by atoms with Crippen molar-refractivity contribution in [3.8, 4) is 0 Å². The van der Waals surface area contributed by atoms with Crippen molar-refractivity contribution in [2.45, 2.75) is 57.2 Å². The Labute approximate surface area is 144 Å². The summed E-state index contributed by atoms with van der Waals surface area (Å²) in [7, 11) is -3.69. The number of carbonyl (C=O) groups is 1. The van der Waals surface area contributed by atoms with Crippen LogP contribution in [-0.2, 0) is 19.4 Å². The standard InChI is InChI=1S/C18H25NO4S/c1-6-23-17(20)18(3,4)13-7-8-16(19-5)24(21,22)15-11-9-14(2)10-12-15/h9-12,16H,6-8,13H2,1-4H3.